The topological polar surface area (TPSA) is 41.5 Å². The van der Waals surface area contributed by atoms with Crippen LogP contribution in [0.1, 0.15) is 15.9 Å². The van der Waals surface area contributed by atoms with Crippen LogP contribution in [-0.4, -0.2) is 12.5 Å². The average Bonchev–Trinajstić information content (AvgIpc) is 2.41. The first-order valence-corrected chi connectivity index (χ1v) is 5.28. The summed E-state index contributed by atoms with van der Waals surface area (Å²) in [4.78, 5) is 10.5. The third kappa shape index (κ3) is 3.28. The third-order valence-corrected chi connectivity index (χ3v) is 2.25. The summed E-state index contributed by atoms with van der Waals surface area (Å²) in [6, 6.07) is 16.9. The minimum Gasteiger partial charge on any atom is -0.298 e. The van der Waals surface area contributed by atoms with Gasteiger partial charge in [-0.2, -0.15) is 5.10 Å². The smallest absolute Gasteiger partial charge is 0.150 e. The Hall–Kier alpha value is -2.42. The summed E-state index contributed by atoms with van der Waals surface area (Å²) in [6.07, 6.45) is 2.53. The van der Waals surface area contributed by atoms with Crippen LogP contribution in [0.3, 0.4) is 0 Å². The van der Waals surface area contributed by atoms with Gasteiger partial charge in [0.05, 0.1) is 11.9 Å². The van der Waals surface area contributed by atoms with Crippen LogP contribution in [0.5, 0.6) is 0 Å². The lowest BCUT2D eigenvalue weighted by atomic mass is 10.2. The molecule has 2 rings (SSSR count). The molecule has 84 valence electrons. The molecule has 1 N–H and O–H groups in total. The molecule has 0 fully saturated rings. The molecule has 0 bridgehead atoms. The number of nitrogens with one attached hydrogen (secondary N) is 1. The number of hydrogen-bond acceptors (Lipinski definition) is 3. The van der Waals surface area contributed by atoms with Crippen LogP contribution in [0.25, 0.3) is 0 Å². The van der Waals surface area contributed by atoms with Crippen LogP contribution >= 0.6 is 0 Å². The summed E-state index contributed by atoms with van der Waals surface area (Å²) in [5.74, 6) is 0. The van der Waals surface area contributed by atoms with E-state index in [9.17, 15) is 4.79 Å². The molecule has 2 aromatic rings. The predicted molar refractivity (Wildman–Crippen MR) is 69.5 cm³/mol. The lowest BCUT2D eigenvalue weighted by molar-refractivity contribution is 0.112. The van der Waals surface area contributed by atoms with Crippen molar-refractivity contribution < 1.29 is 4.79 Å². The lowest BCUT2D eigenvalue weighted by Crippen LogP contribution is -1.90. The fraction of sp³-hybridized carbons (Fsp3) is 0. The number of aldehydes is 1. The number of para-hydroxylation sites is 1. The Morgan fingerprint density at radius 2 is 1.53 bits per heavy atom. The molecule has 0 aromatic heterocycles. The third-order valence-electron chi connectivity index (χ3n) is 2.25. The minimum atomic E-state index is 0.665. The number of carbonyl (C=O) groups excluding carboxylic acids is 1. The first-order valence-electron chi connectivity index (χ1n) is 5.28. The van der Waals surface area contributed by atoms with E-state index in [1.54, 1.807) is 18.3 Å². The van der Waals surface area contributed by atoms with Gasteiger partial charge in [0.15, 0.2) is 0 Å². The van der Waals surface area contributed by atoms with Crippen LogP contribution in [0.2, 0.25) is 0 Å². The molecular weight excluding hydrogens is 212 g/mol. The Kier molecular flexibility index (Phi) is 3.65. The zero-order valence-electron chi connectivity index (χ0n) is 9.21. The molecule has 0 aliphatic carbocycles. The van der Waals surface area contributed by atoms with Crippen molar-refractivity contribution in [3.05, 3.63) is 65.7 Å². The molecule has 0 aliphatic rings. The summed E-state index contributed by atoms with van der Waals surface area (Å²) < 4.78 is 0. The Bertz CT molecular complexity index is 504. The molecule has 3 nitrogen and oxygen atoms in total. The summed E-state index contributed by atoms with van der Waals surface area (Å²) in [7, 11) is 0. The first-order chi connectivity index (χ1) is 8.38. The Morgan fingerprint density at radius 3 is 2.18 bits per heavy atom. The highest BCUT2D eigenvalue weighted by molar-refractivity contribution is 5.82. The van der Waals surface area contributed by atoms with Crippen molar-refractivity contribution in [2.75, 3.05) is 5.43 Å². The van der Waals surface area contributed by atoms with Gasteiger partial charge in [0.25, 0.3) is 0 Å². The number of hydrazone groups is 1. The Labute approximate surface area is 99.8 Å². The van der Waals surface area contributed by atoms with Gasteiger partial charge in [0.1, 0.15) is 6.29 Å². The highest BCUT2D eigenvalue weighted by Crippen LogP contribution is 2.05. The van der Waals surface area contributed by atoms with E-state index in [1.807, 2.05) is 42.5 Å². The van der Waals surface area contributed by atoms with E-state index in [4.69, 9.17) is 0 Å². The summed E-state index contributed by atoms with van der Waals surface area (Å²) >= 11 is 0. The second kappa shape index (κ2) is 5.61. The predicted octanol–water partition coefficient (Wildman–Crippen LogP) is 2.95. The monoisotopic (exact) mass is 224 g/mol. The summed E-state index contributed by atoms with van der Waals surface area (Å²) in [5.41, 5.74) is 5.47. The van der Waals surface area contributed by atoms with Gasteiger partial charge in [0.2, 0.25) is 0 Å². The molecule has 0 aliphatic heterocycles. The van der Waals surface area contributed by atoms with Crippen LogP contribution < -0.4 is 5.43 Å². The summed E-state index contributed by atoms with van der Waals surface area (Å²) in [5, 5.41) is 4.10. The number of nitrogens with zero attached hydrogens (tertiary/aromatic N) is 1. The molecule has 0 atom stereocenters. The first kappa shape index (κ1) is 11.1. The van der Waals surface area contributed by atoms with Gasteiger partial charge in [-0.25, -0.2) is 0 Å². The molecule has 3 heteroatoms. The molecule has 0 radical (unpaired) electrons. The van der Waals surface area contributed by atoms with Gasteiger partial charge >= 0.3 is 0 Å². The van der Waals surface area contributed by atoms with Crippen molar-refractivity contribution in [2.45, 2.75) is 0 Å². The minimum absolute atomic E-state index is 0.665. The quantitative estimate of drug-likeness (QED) is 0.493. The van der Waals surface area contributed by atoms with Crippen LogP contribution in [0.15, 0.2) is 59.7 Å². The van der Waals surface area contributed by atoms with Crippen LogP contribution in [-0.2, 0) is 0 Å². The second-order valence-electron chi connectivity index (χ2n) is 3.52. The molecule has 0 saturated heterocycles. The molecule has 0 unspecified atom stereocenters. The van der Waals surface area contributed by atoms with E-state index in [0.717, 1.165) is 17.5 Å². The van der Waals surface area contributed by atoms with Gasteiger partial charge < -0.3 is 0 Å². The Balaban J connectivity index is 1.98. The van der Waals surface area contributed by atoms with E-state index in [2.05, 4.69) is 10.5 Å². The van der Waals surface area contributed by atoms with Gasteiger partial charge in [-0.3, -0.25) is 10.2 Å². The van der Waals surface area contributed by atoms with Crippen molar-refractivity contribution in [1.82, 2.24) is 0 Å². The second-order valence-corrected chi connectivity index (χ2v) is 3.52. The van der Waals surface area contributed by atoms with Crippen molar-refractivity contribution in [3.63, 3.8) is 0 Å². The number of carbonyl (C=O) groups is 1. The number of rotatable bonds is 4. The van der Waals surface area contributed by atoms with Crippen molar-refractivity contribution in [3.8, 4) is 0 Å². The number of hydrogen-bond donors (Lipinski definition) is 1. The summed E-state index contributed by atoms with van der Waals surface area (Å²) in [6.45, 7) is 0. The molecule has 0 saturated carbocycles. The SMILES string of the molecule is O=Cc1ccc(C=NNc2ccccc2)cc1. The van der Waals surface area contributed by atoms with E-state index >= 15 is 0 Å². The normalized spacial score (nSPS) is 10.4. The fourth-order valence-electron chi connectivity index (χ4n) is 1.35. The number of anilines is 1. The maximum absolute atomic E-state index is 10.5. The highest BCUT2D eigenvalue weighted by atomic mass is 16.1. The Morgan fingerprint density at radius 1 is 0.882 bits per heavy atom. The maximum atomic E-state index is 10.5. The molecule has 0 heterocycles. The van der Waals surface area contributed by atoms with Crippen molar-refractivity contribution >= 4 is 18.2 Å². The molecule has 17 heavy (non-hydrogen) atoms. The van der Waals surface area contributed by atoms with E-state index < -0.39 is 0 Å². The average molecular weight is 224 g/mol. The largest absolute Gasteiger partial charge is 0.298 e. The zero-order chi connectivity index (χ0) is 11.9. The number of benzene rings is 2. The molecular formula is C14H12N2O. The van der Waals surface area contributed by atoms with Gasteiger partial charge in [-0.1, -0.05) is 42.5 Å². The highest BCUT2D eigenvalue weighted by Gasteiger charge is 1.90. The van der Waals surface area contributed by atoms with Gasteiger partial charge in [-0.15, -0.1) is 0 Å². The maximum Gasteiger partial charge on any atom is 0.150 e. The van der Waals surface area contributed by atoms with Crippen LogP contribution in [0, 0.1) is 0 Å². The molecule has 2 aromatic carbocycles. The van der Waals surface area contributed by atoms with E-state index in [1.165, 1.54) is 0 Å². The zero-order valence-corrected chi connectivity index (χ0v) is 9.21. The molecule has 0 spiro atoms. The van der Waals surface area contributed by atoms with E-state index in [0.29, 0.717) is 5.56 Å². The van der Waals surface area contributed by atoms with Crippen LogP contribution in [0.4, 0.5) is 5.69 Å². The van der Waals surface area contributed by atoms with Gasteiger partial charge in [-0.05, 0) is 17.7 Å². The lowest BCUT2D eigenvalue weighted by Gasteiger charge is -1.98. The molecule has 0 amide bonds. The fourth-order valence-corrected chi connectivity index (χ4v) is 1.35. The van der Waals surface area contributed by atoms with Crippen molar-refractivity contribution in [2.24, 2.45) is 5.10 Å². The van der Waals surface area contributed by atoms with E-state index in [-0.39, 0.29) is 0 Å². The van der Waals surface area contributed by atoms with Gasteiger partial charge in [0, 0.05) is 5.56 Å². The standard InChI is InChI=1S/C14H12N2O/c17-11-13-8-6-12(7-9-13)10-15-16-14-4-2-1-3-5-14/h1-11,16H. The van der Waals surface area contributed by atoms with Crippen molar-refractivity contribution in [1.29, 1.82) is 0 Å².